The van der Waals surface area contributed by atoms with Crippen molar-refractivity contribution in [3.05, 3.63) is 40.7 Å². The van der Waals surface area contributed by atoms with Gasteiger partial charge in [-0.15, -0.1) is 0 Å². The van der Waals surface area contributed by atoms with E-state index in [-0.39, 0.29) is 5.76 Å². The zero-order valence-electron chi connectivity index (χ0n) is 9.90. The van der Waals surface area contributed by atoms with Crippen molar-refractivity contribution >= 4 is 28.5 Å². The number of hydrogen-bond acceptors (Lipinski definition) is 3. The largest absolute Gasteiger partial charge is 0.475 e. The minimum Gasteiger partial charge on any atom is -0.475 e. The summed E-state index contributed by atoms with van der Waals surface area (Å²) in [7, 11) is 0. The Morgan fingerprint density at radius 2 is 2.21 bits per heavy atom. The Bertz CT molecular complexity index is 788. The van der Waals surface area contributed by atoms with Crippen LogP contribution in [0.2, 0.25) is 5.02 Å². The van der Waals surface area contributed by atoms with Crippen LogP contribution in [0.15, 0.2) is 28.8 Å². The van der Waals surface area contributed by atoms with Crippen LogP contribution in [0, 0.1) is 6.92 Å². The predicted molar refractivity (Wildman–Crippen MR) is 70.5 cm³/mol. The van der Waals surface area contributed by atoms with Crippen LogP contribution in [-0.2, 0) is 0 Å². The van der Waals surface area contributed by atoms with Crippen molar-refractivity contribution in [1.82, 2.24) is 10.1 Å². The third-order valence-electron chi connectivity index (χ3n) is 2.93. The summed E-state index contributed by atoms with van der Waals surface area (Å²) < 4.78 is 4.79. The minimum atomic E-state index is -1.14. The second-order valence-electron chi connectivity index (χ2n) is 4.20. The molecule has 0 atom stereocenters. The average Bonchev–Trinajstić information content (AvgIpc) is 2.91. The Morgan fingerprint density at radius 1 is 1.42 bits per heavy atom. The first kappa shape index (κ1) is 11.8. The van der Waals surface area contributed by atoms with Crippen LogP contribution in [0.25, 0.3) is 22.2 Å². The van der Waals surface area contributed by atoms with E-state index in [1.807, 2.05) is 19.1 Å². The number of rotatable bonds is 2. The van der Waals surface area contributed by atoms with Gasteiger partial charge in [0.25, 0.3) is 0 Å². The molecule has 96 valence electrons. The first-order valence-corrected chi connectivity index (χ1v) is 5.92. The number of aromatic carboxylic acids is 1. The van der Waals surface area contributed by atoms with Gasteiger partial charge in [0.15, 0.2) is 0 Å². The number of benzene rings is 1. The Balaban J connectivity index is 2.23. The molecular weight excluding hydrogens is 268 g/mol. The number of nitrogens with one attached hydrogen (secondary N) is 1. The molecule has 6 heteroatoms. The van der Waals surface area contributed by atoms with Crippen molar-refractivity contribution < 1.29 is 14.4 Å². The first-order chi connectivity index (χ1) is 9.06. The standard InChI is InChI=1S/C13H9ClN2O3/c1-6-12(10-5-11(13(17)18)19-16-10)8-3-2-7(14)4-9(8)15-6/h2-5,15H,1H3,(H,17,18). The van der Waals surface area contributed by atoms with E-state index in [4.69, 9.17) is 21.2 Å². The van der Waals surface area contributed by atoms with Gasteiger partial charge >= 0.3 is 5.97 Å². The normalized spacial score (nSPS) is 11.1. The number of aryl methyl sites for hydroxylation is 1. The van der Waals surface area contributed by atoms with E-state index in [2.05, 4.69) is 10.1 Å². The molecule has 2 aromatic heterocycles. The van der Waals surface area contributed by atoms with Crippen LogP contribution in [0.5, 0.6) is 0 Å². The molecule has 1 aromatic carbocycles. The number of halogens is 1. The van der Waals surface area contributed by atoms with Crippen molar-refractivity contribution in [1.29, 1.82) is 0 Å². The highest BCUT2D eigenvalue weighted by Gasteiger charge is 2.17. The lowest BCUT2D eigenvalue weighted by atomic mass is 10.1. The quantitative estimate of drug-likeness (QED) is 0.751. The van der Waals surface area contributed by atoms with E-state index in [9.17, 15) is 4.79 Å². The fourth-order valence-corrected chi connectivity index (χ4v) is 2.30. The van der Waals surface area contributed by atoms with Crippen LogP contribution in [0.1, 0.15) is 16.2 Å². The summed E-state index contributed by atoms with van der Waals surface area (Å²) in [6.07, 6.45) is 0. The molecular formula is C13H9ClN2O3. The Hall–Kier alpha value is -2.27. The monoisotopic (exact) mass is 276 g/mol. The summed E-state index contributed by atoms with van der Waals surface area (Å²) in [5.41, 5.74) is 3.06. The van der Waals surface area contributed by atoms with Crippen molar-refractivity contribution in [2.75, 3.05) is 0 Å². The van der Waals surface area contributed by atoms with Gasteiger partial charge in [0, 0.05) is 33.2 Å². The second-order valence-corrected chi connectivity index (χ2v) is 4.63. The Morgan fingerprint density at radius 3 is 2.89 bits per heavy atom. The molecule has 2 N–H and O–H groups in total. The van der Waals surface area contributed by atoms with Crippen LogP contribution in [-0.4, -0.2) is 21.2 Å². The van der Waals surface area contributed by atoms with E-state index >= 15 is 0 Å². The lowest BCUT2D eigenvalue weighted by Gasteiger charge is -1.95. The summed E-state index contributed by atoms with van der Waals surface area (Å²) in [5, 5.41) is 14.2. The van der Waals surface area contributed by atoms with Crippen LogP contribution >= 0.6 is 11.6 Å². The Kier molecular flexibility index (Phi) is 2.57. The van der Waals surface area contributed by atoms with Crippen LogP contribution in [0.4, 0.5) is 0 Å². The third-order valence-corrected chi connectivity index (χ3v) is 3.16. The highest BCUT2D eigenvalue weighted by molar-refractivity contribution is 6.31. The summed E-state index contributed by atoms with van der Waals surface area (Å²) in [5.74, 6) is -1.32. The summed E-state index contributed by atoms with van der Waals surface area (Å²) in [6.45, 7) is 1.89. The lowest BCUT2D eigenvalue weighted by Crippen LogP contribution is -1.91. The average molecular weight is 277 g/mol. The number of carbonyl (C=O) groups is 1. The zero-order chi connectivity index (χ0) is 13.6. The van der Waals surface area contributed by atoms with E-state index in [0.29, 0.717) is 10.7 Å². The molecule has 0 aliphatic rings. The molecule has 0 spiro atoms. The molecule has 0 radical (unpaired) electrons. The van der Waals surface area contributed by atoms with Crippen molar-refractivity contribution in [2.45, 2.75) is 6.92 Å². The molecule has 0 saturated heterocycles. The van der Waals surface area contributed by atoms with Gasteiger partial charge in [-0.2, -0.15) is 0 Å². The smallest absolute Gasteiger partial charge is 0.374 e. The van der Waals surface area contributed by atoms with E-state index in [0.717, 1.165) is 22.2 Å². The van der Waals surface area contributed by atoms with Gasteiger partial charge in [0.05, 0.1) is 0 Å². The molecule has 0 saturated carbocycles. The van der Waals surface area contributed by atoms with E-state index in [1.165, 1.54) is 6.07 Å². The van der Waals surface area contributed by atoms with Gasteiger partial charge < -0.3 is 14.6 Å². The van der Waals surface area contributed by atoms with E-state index < -0.39 is 5.97 Å². The number of aromatic amines is 1. The molecule has 0 unspecified atom stereocenters. The molecule has 5 nitrogen and oxygen atoms in total. The van der Waals surface area contributed by atoms with Crippen LogP contribution in [0.3, 0.4) is 0 Å². The van der Waals surface area contributed by atoms with Crippen LogP contribution < -0.4 is 0 Å². The van der Waals surface area contributed by atoms with Crippen molar-refractivity contribution in [2.24, 2.45) is 0 Å². The van der Waals surface area contributed by atoms with Gasteiger partial charge in [-0.1, -0.05) is 22.8 Å². The van der Waals surface area contributed by atoms with Gasteiger partial charge in [-0.05, 0) is 19.1 Å². The molecule has 19 heavy (non-hydrogen) atoms. The molecule has 0 bridgehead atoms. The maximum absolute atomic E-state index is 10.8. The van der Waals surface area contributed by atoms with E-state index in [1.54, 1.807) is 6.07 Å². The topological polar surface area (TPSA) is 79.1 Å². The fourth-order valence-electron chi connectivity index (χ4n) is 2.13. The van der Waals surface area contributed by atoms with Gasteiger partial charge in [-0.3, -0.25) is 0 Å². The molecule has 0 fully saturated rings. The Labute approximate surface area is 112 Å². The van der Waals surface area contributed by atoms with Crippen molar-refractivity contribution in [3.8, 4) is 11.3 Å². The number of hydrogen-bond donors (Lipinski definition) is 2. The maximum atomic E-state index is 10.8. The van der Waals surface area contributed by atoms with Gasteiger partial charge in [0.1, 0.15) is 5.69 Å². The number of aromatic nitrogens is 2. The number of carboxylic acids is 1. The molecule has 2 heterocycles. The first-order valence-electron chi connectivity index (χ1n) is 5.54. The number of fused-ring (bicyclic) bond motifs is 1. The fraction of sp³-hybridized carbons (Fsp3) is 0.0769. The highest BCUT2D eigenvalue weighted by Crippen LogP contribution is 2.32. The summed E-state index contributed by atoms with van der Waals surface area (Å²) in [6, 6.07) is 6.86. The maximum Gasteiger partial charge on any atom is 0.374 e. The zero-order valence-corrected chi connectivity index (χ0v) is 10.7. The molecule has 3 aromatic rings. The SMILES string of the molecule is Cc1[nH]c2cc(Cl)ccc2c1-c1cc(C(=O)O)on1. The van der Waals surface area contributed by atoms with Gasteiger partial charge in [-0.25, -0.2) is 4.79 Å². The lowest BCUT2D eigenvalue weighted by molar-refractivity contribution is 0.0652. The second kappa shape index (κ2) is 4.13. The molecule has 0 aliphatic carbocycles. The highest BCUT2D eigenvalue weighted by atomic mass is 35.5. The minimum absolute atomic E-state index is 0.183. The third kappa shape index (κ3) is 1.88. The summed E-state index contributed by atoms with van der Waals surface area (Å²) >= 11 is 5.94. The molecule has 0 aliphatic heterocycles. The predicted octanol–water partition coefficient (Wildman–Crippen LogP) is 3.48. The summed E-state index contributed by atoms with van der Waals surface area (Å²) in [4.78, 5) is 14.0. The van der Waals surface area contributed by atoms with Gasteiger partial charge in [0.2, 0.25) is 5.76 Å². The van der Waals surface area contributed by atoms with Crippen molar-refractivity contribution in [3.63, 3.8) is 0 Å². The molecule has 0 amide bonds. The number of nitrogens with zero attached hydrogens (tertiary/aromatic N) is 1. The number of carboxylic acid groups (broad SMARTS) is 1. The molecule has 3 rings (SSSR count). The number of H-pyrrole nitrogens is 1.